The molecular weight excluding hydrogens is 167 g/mol. The van der Waals surface area contributed by atoms with Crippen molar-refractivity contribution in [3.05, 3.63) is 0 Å². The zero-order chi connectivity index (χ0) is 9.24. The van der Waals surface area contributed by atoms with Gasteiger partial charge in [-0.2, -0.15) is 0 Å². The quantitative estimate of drug-likeness (QED) is 0.616. The summed E-state index contributed by atoms with van der Waals surface area (Å²) >= 11 is 0. The Morgan fingerprint density at radius 2 is 1.83 bits per heavy atom. The Bertz CT molecular complexity index is 148. The molecule has 0 aromatic rings. The van der Waals surface area contributed by atoms with Crippen molar-refractivity contribution < 1.29 is 4.74 Å². The molecule has 0 radical (unpaired) electrons. The minimum atomic E-state index is 0.404. The van der Waals surface area contributed by atoms with Crippen molar-refractivity contribution in [3.63, 3.8) is 0 Å². The molecule has 0 aromatic heterocycles. The zero-order valence-corrected chi connectivity index (χ0v) is 9.68. The van der Waals surface area contributed by atoms with Crippen molar-refractivity contribution in [2.45, 2.75) is 45.2 Å². The lowest BCUT2D eigenvalue weighted by Crippen LogP contribution is -2.47. The molecule has 0 amide bonds. The summed E-state index contributed by atoms with van der Waals surface area (Å²) in [5, 5.41) is 0.404. The first kappa shape index (κ1) is 10.5. The van der Waals surface area contributed by atoms with Crippen LogP contribution in [-0.2, 0) is 4.74 Å². The molecule has 0 bridgehead atoms. The molecule has 1 atom stereocenters. The molecule has 1 rings (SSSR count). The Morgan fingerprint density at radius 1 is 1.33 bits per heavy atom. The molecule has 72 valence electrons. The first-order chi connectivity index (χ1) is 5.54. The van der Waals surface area contributed by atoms with Crippen LogP contribution in [0.5, 0.6) is 0 Å². The number of ether oxygens (including phenoxy) is 1. The van der Waals surface area contributed by atoms with Crippen molar-refractivity contribution in [1.82, 2.24) is 0 Å². The van der Waals surface area contributed by atoms with Crippen LogP contribution in [0.2, 0.25) is 0 Å². The van der Waals surface area contributed by atoms with Crippen molar-refractivity contribution in [3.8, 4) is 0 Å². The predicted molar refractivity (Wildman–Crippen MR) is 56.6 cm³/mol. The van der Waals surface area contributed by atoms with Crippen LogP contribution in [0.15, 0.2) is 0 Å². The second-order valence-corrected chi connectivity index (χ2v) is 5.77. The van der Waals surface area contributed by atoms with Crippen LogP contribution >= 0.6 is 9.24 Å². The number of hydrogen-bond donors (Lipinski definition) is 0. The van der Waals surface area contributed by atoms with Gasteiger partial charge in [-0.25, -0.2) is 0 Å². The van der Waals surface area contributed by atoms with E-state index in [9.17, 15) is 0 Å². The molecular formula is C10H21OP. The van der Waals surface area contributed by atoms with Crippen LogP contribution in [0.1, 0.15) is 40.0 Å². The SMILES string of the molecule is CCC(C)(CC)CC1(P)COC1. The summed E-state index contributed by atoms with van der Waals surface area (Å²) in [7, 11) is 2.98. The second kappa shape index (κ2) is 3.64. The summed E-state index contributed by atoms with van der Waals surface area (Å²) in [6.07, 6.45) is 3.84. The van der Waals surface area contributed by atoms with E-state index < -0.39 is 0 Å². The van der Waals surface area contributed by atoms with E-state index in [-0.39, 0.29) is 0 Å². The summed E-state index contributed by atoms with van der Waals surface area (Å²) in [6.45, 7) is 8.84. The van der Waals surface area contributed by atoms with Crippen molar-refractivity contribution in [2.24, 2.45) is 5.41 Å². The van der Waals surface area contributed by atoms with E-state index in [1.807, 2.05) is 0 Å². The molecule has 1 fully saturated rings. The molecule has 0 aliphatic carbocycles. The van der Waals surface area contributed by atoms with E-state index in [0.29, 0.717) is 10.6 Å². The lowest BCUT2D eigenvalue weighted by Gasteiger charge is -2.44. The molecule has 1 unspecified atom stereocenters. The van der Waals surface area contributed by atoms with Crippen molar-refractivity contribution in [2.75, 3.05) is 13.2 Å². The van der Waals surface area contributed by atoms with Crippen LogP contribution in [-0.4, -0.2) is 18.4 Å². The van der Waals surface area contributed by atoms with Crippen LogP contribution in [0.25, 0.3) is 0 Å². The first-order valence-electron chi connectivity index (χ1n) is 4.90. The normalized spacial score (nSPS) is 22.0. The summed E-state index contributed by atoms with van der Waals surface area (Å²) in [5.74, 6) is 0. The van der Waals surface area contributed by atoms with Crippen LogP contribution in [0.3, 0.4) is 0 Å². The molecule has 0 saturated carbocycles. The van der Waals surface area contributed by atoms with Gasteiger partial charge in [-0.15, -0.1) is 9.24 Å². The van der Waals surface area contributed by atoms with Crippen LogP contribution < -0.4 is 0 Å². The molecule has 1 aliphatic heterocycles. The summed E-state index contributed by atoms with van der Waals surface area (Å²) < 4.78 is 5.25. The van der Waals surface area contributed by atoms with Gasteiger partial charge < -0.3 is 4.74 Å². The van der Waals surface area contributed by atoms with Gasteiger partial charge in [0.25, 0.3) is 0 Å². The fraction of sp³-hybridized carbons (Fsp3) is 1.00. The Kier molecular flexibility index (Phi) is 3.17. The Hall–Kier alpha value is 0.390. The third-order valence-corrected chi connectivity index (χ3v) is 3.80. The average Bonchev–Trinajstić information content (AvgIpc) is 2.02. The Balaban J connectivity index is 2.46. The monoisotopic (exact) mass is 188 g/mol. The van der Waals surface area contributed by atoms with E-state index in [1.165, 1.54) is 19.3 Å². The molecule has 1 nitrogen and oxygen atoms in total. The van der Waals surface area contributed by atoms with E-state index in [0.717, 1.165) is 13.2 Å². The number of hydrogen-bond acceptors (Lipinski definition) is 1. The van der Waals surface area contributed by atoms with Gasteiger partial charge in [0.05, 0.1) is 13.2 Å². The van der Waals surface area contributed by atoms with Gasteiger partial charge in [-0.1, -0.05) is 33.6 Å². The third-order valence-electron chi connectivity index (χ3n) is 3.26. The highest BCUT2D eigenvalue weighted by atomic mass is 31.0. The van der Waals surface area contributed by atoms with Crippen LogP contribution in [0, 0.1) is 5.41 Å². The molecule has 1 saturated heterocycles. The van der Waals surface area contributed by atoms with Crippen molar-refractivity contribution >= 4 is 9.24 Å². The van der Waals surface area contributed by atoms with E-state index >= 15 is 0 Å². The standard InChI is InChI=1S/C10H21OP/c1-4-9(3,5-2)6-10(12)7-11-8-10/h4-8,12H2,1-3H3. The maximum Gasteiger partial charge on any atom is 0.0579 e. The summed E-state index contributed by atoms with van der Waals surface area (Å²) in [4.78, 5) is 0. The highest BCUT2D eigenvalue weighted by Crippen LogP contribution is 2.42. The summed E-state index contributed by atoms with van der Waals surface area (Å²) in [6, 6.07) is 0. The lowest BCUT2D eigenvalue weighted by atomic mass is 9.76. The average molecular weight is 188 g/mol. The van der Waals surface area contributed by atoms with Crippen molar-refractivity contribution in [1.29, 1.82) is 0 Å². The fourth-order valence-corrected chi connectivity index (χ4v) is 2.54. The minimum absolute atomic E-state index is 0.404. The molecule has 12 heavy (non-hydrogen) atoms. The van der Waals surface area contributed by atoms with E-state index in [2.05, 4.69) is 30.0 Å². The van der Waals surface area contributed by atoms with Gasteiger partial charge in [0.2, 0.25) is 0 Å². The van der Waals surface area contributed by atoms with Gasteiger partial charge >= 0.3 is 0 Å². The lowest BCUT2D eigenvalue weighted by molar-refractivity contribution is -0.0305. The smallest absolute Gasteiger partial charge is 0.0579 e. The first-order valence-corrected chi connectivity index (χ1v) is 5.48. The highest BCUT2D eigenvalue weighted by Gasteiger charge is 2.39. The molecule has 0 N–H and O–H groups in total. The molecule has 2 heteroatoms. The fourth-order valence-electron chi connectivity index (χ4n) is 1.82. The molecule has 1 aliphatic rings. The van der Waals surface area contributed by atoms with Gasteiger partial charge in [0, 0.05) is 5.16 Å². The Labute approximate surface area is 78.5 Å². The highest BCUT2D eigenvalue weighted by molar-refractivity contribution is 7.19. The second-order valence-electron chi connectivity index (χ2n) is 4.55. The van der Waals surface area contributed by atoms with Gasteiger partial charge in [0.1, 0.15) is 0 Å². The minimum Gasteiger partial charge on any atom is -0.379 e. The van der Waals surface area contributed by atoms with E-state index in [4.69, 9.17) is 4.74 Å². The molecule has 0 aromatic carbocycles. The molecule has 0 spiro atoms. The summed E-state index contributed by atoms with van der Waals surface area (Å²) in [5.41, 5.74) is 0.519. The molecule has 1 heterocycles. The largest absolute Gasteiger partial charge is 0.379 e. The number of rotatable bonds is 4. The maximum absolute atomic E-state index is 5.25. The Morgan fingerprint density at radius 3 is 2.08 bits per heavy atom. The zero-order valence-electron chi connectivity index (χ0n) is 8.52. The van der Waals surface area contributed by atoms with E-state index in [1.54, 1.807) is 0 Å². The van der Waals surface area contributed by atoms with Gasteiger partial charge in [-0.05, 0) is 11.8 Å². The van der Waals surface area contributed by atoms with Crippen LogP contribution in [0.4, 0.5) is 0 Å². The third kappa shape index (κ3) is 2.20. The predicted octanol–water partition coefficient (Wildman–Crippen LogP) is 2.85. The van der Waals surface area contributed by atoms with Gasteiger partial charge in [-0.3, -0.25) is 0 Å². The topological polar surface area (TPSA) is 9.23 Å². The maximum atomic E-state index is 5.25. The van der Waals surface area contributed by atoms with Gasteiger partial charge in [0.15, 0.2) is 0 Å².